The number of hydrogen-bond acceptors (Lipinski definition) is 0. The highest BCUT2D eigenvalue weighted by Gasteiger charge is 2.31. The minimum Gasteiger partial charge on any atom is -0.204 e. The van der Waals surface area contributed by atoms with Crippen LogP contribution in [0, 0.1) is 11.6 Å². The molecule has 21 heavy (non-hydrogen) atoms. The zero-order valence-electron chi connectivity index (χ0n) is 11.1. The van der Waals surface area contributed by atoms with E-state index in [9.17, 15) is 8.78 Å². The van der Waals surface area contributed by atoms with Crippen molar-refractivity contribution in [2.45, 2.75) is 11.8 Å². The first-order valence-electron chi connectivity index (χ1n) is 6.33. The summed E-state index contributed by atoms with van der Waals surface area (Å²) in [5, 5.41) is 0.581. The van der Waals surface area contributed by atoms with Crippen LogP contribution in [0.3, 0.4) is 0 Å². The van der Waals surface area contributed by atoms with E-state index in [2.05, 4.69) is 0 Å². The SMILES string of the molecule is Fc1ccc(CC(CCl)(CCl)c2cccc(Cl)c2)cc1F. The van der Waals surface area contributed by atoms with Crippen molar-refractivity contribution in [2.75, 3.05) is 11.8 Å². The van der Waals surface area contributed by atoms with Crippen LogP contribution >= 0.6 is 34.8 Å². The van der Waals surface area contributed by atoms with Gasteiger partial charge in [0, 0.05) is 22.2 Å². The molecule has 0 N–H and O–H groups in total. The summed E-state index contributed by atoms with van der Waals surface area (Å²) in [6, 6.07) is 11.1. The van der Waals surface area contributed by atoms with Crippen LogP contribution in [0.1, 0.15) is 11.1 Å². The maximum Gasteiger partial charge on any atom is 0.159 e. The van der Waals surface area contributed by atoms with Gasteiger partial charge in [0.2, 0.25) is 0 Å². The molecular weight excluding hydrogens is 337 g/mol. The van der Waals surface area contributed by atoms with Crippen molar-refractivity contribution in [1.82, 2.24) is 0 Å². The van der Waals surface area contributed by atoms with Gasteiger partial charge in [0.1, 0.15) is 0 Å². The van der Waals surface area contributed by atoms with Crippen molar-refractivity contribution >= 4 is 34.8 Å². The van der Waals surface area contributed by atoms with E-state index in [4.69, 9.17) is 34.8 Å². The lowest BCUT2D eigenvalue weighted by Gasteiger charge is -2.30. The molecule has 0 atom stereocenters. The van der Waals surface area contributed by atoms with Crippen LogP contribution in [0.4, 0.5) is 8.78 Å². The third kappa shape index (κ3) is 3.68. The van der Waals surface area contributed by atoms with Crippen LogP contribution in [0.2, 0.25) is 5.02 Å². The fraction of sp³-hybridized carbons (Fsp3) is 0.250. The van der Waals surface area contributed by atoms with Crippen LogP contribution in [0.15, 0.2) is 42.5 Å². The van der Waals surface area contributed by atoms with Gasteiger partial charge < -0.3 is 0 Å². The first kappa shape index (κ1) is 16.5. The van der Waals surface area contributed by atoms with E-state index in [1.807, 2.05) is 12.1 Å². The molecule has 2 aromatic carbocycles. The van der Waals surface area contributed by atoms with Crippen LogP contribution < -0.4 is 0 Å². The lowest BCUT2D eigenvalue weighted by molar-refractivity contribution is 0.499. The molecule has 5 heteroatoms. The maximum absolute atomic E-state index is 13.4. The Morgan fingerprint density at radius 2 is 1.62 bits per heavy atom. The van der Waals surface area contributed by atoms with Crippen LogP contribution in [-0.4, -0.2) is 11.8 Å². The topological polar surface area (TPSA) is 0 Å². The second-order valence-corrected chi connectivity index (χ2v) is 5.95. The van der Waals surface area contributed by atoms with E-state index < -0.39 is 17.0 Å². The Morgan fingerprint density at radius 1 is 0.905 bits per heavy atom. The highest BCUT2D eigenvalue weighted by Crippen LogP contribution is 2.33. The van der Waals surface area contributed by atoms with E-state index in [0.717, 1.165) is 11.6 Å². The second kappa shape index (κ2) is 6.95. The summed E-state index contributed by atoms with van der Waals surface area (Å²) in [5.41, 5.74) is 0.929. The molecule has 0 aromatic heterocycles. The van der Waals surface area contributed by atoms with E-state index in [0.29, 0.717) is 17.0 Å². The number of rotatable bonds is 5. The van der Waals surface area contributed by atoms with Gasteiger partial charge in [-0.15, -0.1) is 23.2 Å². The van der Waals surface area contributed by atoms with Crippen molar-refractivity contribution in [3.8, 4) is 0 Å². The van der Waals surface area contributed by atoms with Crippen molar-refractivity contribution in [3.63, 3.8) is 0 Å². The molecule has 0 aliphatic heterocycles. The number of benzene rings is 2. The molecule has 112 valence electrons. The Balaban J connectivity index is 2.40. The van der Waals surface area contributed by atoms with Crippen LogP contribution in [0.25, 0.3) is 0 Å². The van der Waals surface area contributed by atoms with Crippen LogP contribution in [-0.2, 0) is 11.8 Å². The fourth-order valence-electron chi connectivity index (χ4n) is 2.25. The number of halogens is 5. The van der Waals surface area contributed by atoms with E-state index >= 15 is 0 Å². The molecule has 0 saturated carbocycles. The summed E-state index contributed by atoms with van der Waals surface area (Å²) >= 11 is 18.3. The summed E-state index contributed by atoms with van der Waals surface area (Å²) in [6.07, 6.45) is 0.400. The Labute approximate surface area is 137 Å². The first-order valence-corrected chi connectivity index (χ1v) is 7.77. The minimum absolute atomic E-state index is 0.246. The average molecular weight is 350 g/mol. The maximum atomic E-state index is 13.4. The van der Waals surface area contributed by atoms with E-state index in [1.54, 1.807) is 12.1 Å². The molecule has 0 fully saturated rings. The molecule has 0 heterocycles. The van der Waals surface area contributed by atoms with Gasteiger partial charge in [-0.05, 0) is 41.8 Å². The van der Waals surface area contributed by atoms with E-state index in [1.165, 1.54) is 12.1 Å². The first-order chi connectivity index (χ1) is 10.0. The smallest absolute Gasteiger partial charge is 0.159 e. The second-order valence-electron chi connectivity index (χ2n) is 4.98. The van der Waals surface area contributed by atoms with Gasteiger partial charge in [0.25, 0.3) is 0 Å². The number of hydrogen-bond donors (Lipinski definition) is 0. The largest absolute Gasteiger partial charge is 0.204 e. The third-order valence-corrected chi connectivity index (χ3v) is 4.73. The summed E-state index contributed by atoms with van der Waals surface area (Å²) < 4.78 is 26.4. The molecule has 2 rings (SSSR count). The minimum atomic E-state index is -0.878. The average Bonchev–Trinajstić information content (AvgIpc) is 2.48. The van der Waals surface area contributed by atoms with Crippen molar-refractivity contribution in [1.29, 1.82) is 0 Å². The summed E-state index contributed by atoms with van der Waals surface area (Å²) in [4.78, 5) is 0. The molecule has 0 saturated heterocycles. The Hall–Kier alpha value is -0.830. The highest BCUT2D eigenvalue weighted by molar-refractivity contribution is 6.30. The predicted molar refractivity (Wildman–Crippen MR) is 84.6 cm³/mol. The quantitative estimate of drug-likeness (QED) is 0.618. The monoisotopic (exact) mass is 348 g/mol. The molecular formula is C16H13Cl3F2. The molecule has 0 spiro atoms. The van der Waals surface area contributed by atoms with Crippen molar-refractivity contribution in [2.24, 2.45) is 0 Å². The van der Waals surface area contributed by atoms with Crippen molar-refractivity contribution in [3.05, 3.63) is 70.2 Å². The molecule has 0 aliphatic rings. The standard InChI is InChI=1S/C16H13Cl3F2/c17-9-16(10-18,12-2-1-3-13(19)7-12)8-11-4-5-14(20)15(21)6-11/h1-7H,8-10H2. The van der Waals surface area contributed by atoms with Gasteiger partial charge >= 0.3 is 0 Å². The molecule has 0 unspecified atom stereocenters. The number of alkyl halides is 2. The zero-order valence-corrected chi connectivity index (χ0v) is 13.3. The van der Waals surface area contributed by atoms with Crippen LogP contribution in [0.5, 0.6) is 0 Å². The van der Waals surface area contributed by atoms with Gasteiger partial charge in [0.05, 0.1) is 0 Å². The van der Waals surface area contributed by atoms with Gasteiger partial charge in [0.15, 0.2) is 11.6 Å². The van der Waals surface area contributed by atoms with Gasteiger partial charge in [-0.1, -0.05) is 29.8 Å². The summed E-state index contributed by atoms with van der Waals surface area (Å²) in [5.74, 6) is -1.26. The van der Waals surface area contributed by atoms with E-state index in [-0.39, 0.29) is 11.8 Å². The molecule has 0 nitrogen and oxygen atoms in total. The predicted octanol–water partition coefficient (Wildman–Crippen LogP) is 5.58. The third-order valence-electron chi connectivity index (χ3n) is 3.48. The normalized spacial score (nSPS) is 11.7. The molecule has 0 aliphatic carbocycles. The lowest BCUT2D eigenvalue weighted by Crippen LogP contribution is -2.33. The summed E-state index contributed by atoms with van der Waals surface area (Å²) in [7, 11) is 0. The van der Waals surface area contributed by atoms with Gasteiger partial charge in [-0.2, -0.15) is 0 Å². The molecule has 2 aromatic rings. The Morgan fingerprint density at radius 3 is 2.19 bits per heavy atom. The molecule has 0 radical (unpaired) electrons. The van der Waals surface area contributed by atoms with Crippen molar-refractivity contribution < 1.29 is 8.78 Å². The Bertz CT molecular complexity index is 625. The Kier molecular flexibility index (Phi) is 5.48. The fourth-order valence-corrected chi connectivity index (χ4v) is 3.22. The zero-order chi connectivity index (χ0) is 15.5. The summed E-state index contributed by atoms with van der Waals surface area (Å²) in [6.45, 7) is 0. The molecule has 0 bridgehead atoms. The molecule has 0 amide bonds. The lowest BCUT2D eigenvalue weighted by atomic mass is 9.78. The highest BCUT2D eigenvalue weighted by atomic mass is 35.5. The van der Waals surface area contributed by atoms with Gasteiger partial charge in [-0.25, -0.2) is 8.78 Å². The van der Waals surface area contributed by atoms with Gasteiger partial charge in [-0.3, -0.25) is 0 Å².